The molecule has 0 fully saturated rings. The van der Waals surface area contributed by atoms with Crippen molar-refractivity contribution in [3.05, 3.63) is 41.2 Å². The zero-order valence-corrected chi connectivity index (χ0v) is 10.0. The van der Waals surface area contributed by atoms with Gasteiger partial charge in [-0.1, -0.05) is 6.07 Å². The Labute approximate surface area is 104 Å². The molecular formula is C12H12N4O2. The van der Waals surface area contributed by atoms with E-state index in [4.69, 9.17) is 0 Å². The molecule has 0 spiro atoms. The molecule has 1 heterocycles. The summed E-state index contributed by atoms with van der Waals surface area (Å²) in [6.45, 7) is 3.57. The molecule has 1 amide bonds. The van der Waals surface area contributed by atoms with Gasteiger partial charge in [-0.3, -0.25) is 10.1 Å². The highest BCUT2D eigenvalue weighted by atomic mass is 16.3. The Morgan fingerprint density at radius 2 is 2.00 bits per heavy atom. The summed E-state index contributed by atoms with van der Waals surface area (Å²) in [7, 11) is 0. The lowest BCUT2D eigenvalue weighted by molar-refractivity contribution is 0.102. The van der Waals surface area contributed by atoms with Gasteiger partial charge in [-0.15, -0.1) is 5.10 Å². The Balaban J connectivity index is 2.18. The highest BCUT2D eigenvalue weighted by Crippen LogP contribution is 2.12. The van der Waals surface area contributed by atoms with E-state index >= 15 is 0 Å². The van der Waals surface area contributed by atoms with E-state index in [1.165, 1.54) is 12.1 Å². The zero-order chi connectivity index (χ0) is 13.1. The van der Waals surface area contributed by atoms with Gasteiger partial charge < -0.3 is 5.11 Å². The van der Waals surface area contributed by atoms with Gasteiger partial charge in [0.2, 0.25) is 5.95 Å². The maximum Gasteiger partial charge on any atom is 0.258 e. The van der Waals surface area contributed by atoms with Crippen LogP contribution < -0.4 is 5.32 Å². The number of aryl methyl sites for hydroxylation is 2. The molecule has 1 aromatic heterocycles. The van der Waals surface area contributed by atoms with E-state index in [0.717, 1.165) is 0 Å². The van der Waals surface area contributed by atoms with Crippen molar-refractivity contribution in [2.45, 2.75) is 13.8 Å². The van der Waals surface area contributed by atoms with Crippen LogP contribution in [-0.4, -0.2) is 26.2 Å². The Morgan fingerprint density at radius 3 is 2.67 bits per heavy atom. The highest BCUT2D eigenvalue weighted by molar-refractivity contribution is 6.03. The topological polar surface area (TPSA) is 88.0 Å². The van der Waals surface area contributed by atoms with Gasteiger partial charge in [-0.05, 0) is 32.0 Å². The second-order valence-electron chi connectivity index (χ2n) is 3.81. The Bertz CT molecular complexity index is 598. The zero-order valence-electron chi connectivity index (χ0n) is 10.0. The predicted molar refractivity (Wildman–Crippen MR) is 65.4 cm³/mol. The van der Waals surface area contributed by atoms with Gasteiger partial charge in [0.05, 0.1) is 11.4 Å². The molecule has 2 N–H and O–H groups in total. The van der Waals surface area contributed by atoms with Crippen LogP contribution in [0.4, 0.5) is 5.95 Å². The minimum atomic E-state index is -0.393. The van der Waals surface area contributed by atoms with Crippen molar-refractivity contribution in [2.75, 3.05) is 5.32 Å². The fourth-order valence-corrected chi connectivity index (χ4v) is 1.33. The van der Waals surface area contributed by atoms with Crippen molar-refractivity contribution in [1.29, 1.82) is 0 Å². The lowest BCUT2D eigenvalue weighted by Crippen LogP contribution is -2.15. The number of hydrogen-bond donors (Lipinski definition) is 2. The van der Waals surface area contributed by atoms with Gasteiger partial charge in [-0.2, -0.15) is 5.10 Å². The minimum absolute atomic E-state index is 0.0294. The van der Waals surface area contributed by atoms with Crippen LogP contribution >= 0.6 is 0 Å². The summed E-state index contributed by atoms with van der Waals surface area (Å²) in [5.74, 6) is -0.218. The monoisotopic (exact) mass is 244 g/mol. The SMILES string of the molecule is Cc1nnc(NC(=O)c2cccc(O)c2)nc1C. The standard InChI is InChI=1S/C12H12N4O2/c1-7-8(2)15-16-12(13-7)14-11(18)9-4-3-5-10(17)6-9/h3-6,17H,1-2H3,(H,13,14,16,18). The van der Waals surface area contributed by atoms with Gasteiger partial charge in [0.25, 0.3) is 5.91 Å². The van der Waals surface area contributed by atoms with Gasteiger partial charge in [-0.25, -0.2) is 4.98 Å². The molecule has 2 rings (SSSR count). The van der Waals surface area contributed by atoms with Gasteiger partial charge >= 0.3 is 0 Å². The summed E-state index contributed by atoms with van der Waals surface area (Å²) in [5.41, 5.74) is 1.75. The van der Waals surface area contributed by atoms with Crippen molar-refractivity contribution < 1.29 is 9.90 Å². The van der Waals surface area contributed by atoms with Crippen LogP contribution in [-0.2, 0) is 0 Å². The molecule has 0 saturated carbocycles. The number of aromatic nitrogens is 3. The lowest BCUT2D eigenvalue weighted by atomic mass is 10.2. The smallest absolute Gasteiger partial charge is 0.258 e. The van der Waals surface area contributed by atoms with E-state index in [1.54, 1.807) is 26.0 Å². The average molecular weight is 244 g/mol. The molecule has 0 radical (unpaired) electrons. The second-order valence-corrected chi connectivity index (χ2v) is 3.81. The van der Waals surface area contributed by atoms with Crippen molar-refractivity contribution in [2.24, 2.45) is 0 Å². The van der Waals surface area contributed by atoms with Crippen molar-refractivity contribution in [3.8, 4) is 5.75 Å². The molecule has 0 aliphatic heterocycles. The van der Waals surface area contributed by atoms with Crippen LogP contribution in [0.1, 0.15) is 21.7 Å². The van der Waals surface area contributed by atoms with E-state index in [9.17, 15) is 9.90 Å². The first-order chi connectivity index (χ1) is 8.56. The fourth-order valence-electron chi connectivity index (χ4n) is 1.33. The van der Waals surface area contributed by atoms with Crippen molar-refractivity contribution >= 4 is 11.9 Å². The molecule has 0 aliphatic rings. The summed E-state index contributed by atoms with van der Waals surface area (Å²) >= 11 is 0. The molecule has 0 atom stereocenters. The molecular weight excluding hydrogens is 232 g/mol. The fraction of sp³-hybridized carbons (Fsp3) is 0.167. The summed E-state index contributed by atoms with van der Waals surface area (Å²) < 4.78 is 0. The van der Waals surface area contributed by atoms with E-state index < -0.39 is 5.91 Å². The van der Waals surface area contributed by atoms with Crippen LogP contribution in [0.5, 0.6) is 5.75 Å². The number of nitrogens with zero attached hydrogens (tertiary/aromatic N) is 3. The van der Waals surface area contributed by atoms with Gasteiger partial charge in [0, 0.05) is 5.56 Å². The number of benzene rings is 1. The highest BCUT2D eigenvalue weighted by Gasteiger charge is 2.09. The summed E-state index contributed by atoms with van der Waals surface area (Å²) in [6.07, 6.45) is 0. The quantitative estimate of drug-likeness (QED) is 0.834. The van der Waals surface area contributed by atoms with E-state index in [1.807, 2.05) is 0 Å². The summed E-state index contributed by atoms with van der Waals surface area (Å²) in [4.78, 5) is 15.9. The first-order valence-electron chi connectivity index (χ1n) is 5.34. The summed E-state index contributed by atoms with van der Waals surface area (Å²) in [5, 5.41) is 19.4. The third-order valence-electron chi connectivity index (χ3n) is 2.43. The van der Waals surface area contributed by atoms with E-state index in [0.29, 0.717) is 17.0 Å². The maximum absolute atomic E-state index is 11.8. The molecule has 0 aliphatic carbocycles. The van der Waals surface area contributed by atoms with Crippen LogP contribution in [0.25, 0.3) is 0 Å². The molecule has 6 heteroatoms. The minimum Gasteiger partial charge on any atom is -0.508 e. The third kappa shape index (κ3) is 2.60. The molecule has 1 aromatic carbocycles. The predicted octanol–water partition coefficient (Wildman–Crippen LogP) is 1.45. The number of carbonyl (C=O) groups is 1. The molecule has 18 heavy (non-hydrogen) atoms. The average Bonchev–Trinajstić information content (AvgIpc) is 2.34. The molecule has 0 bridgehead atoms. The van der Waals surface area contributed by atoms with Gasteiger partial charge in [0.15, 0.2) is 0 Å². The molecule has 0 unspecified atom stereocenters. The van der Waals surface area contributed by atoms with Crippen LogP contribution in [0.3, 0.4) is 0 Å². The molecule has 6 nitrogen and oxygen atoms in total. The lowest BCUT2D eigenvalue weighted by Gasteiger charge is -2.04. The second kappa shape index (κ2) is 4.79. The normalized spacial score (nSPS) is 10.1. The van der Waals surface area contributed by atoms with Crippen LogP contribution in [0, 0.1) is 13.8 Å². The molecule has 0 saturated heterocycles. The number of amides is 1. The number of rotatable bonds is 2. The number of nitrogens with one attached hydrogen (secondary N) is 1. The van der Waals surface area contributed by atoms with Crippen LogP contribution in [0.15, 0.2) is 24.3 Å². The summed E-state index contributed by atoms with van der Waals surface area (Å²) in [6, 6.07) is 6.03. The van der Waals surface area contributed by atoms with E-state index in [-0.39, 0.29) is 11.7 Å². The Hall–Kier alpha value is -2.50. The van der Waals surface area contributed by atoms with Gasteiger partial charge in [0.1, 0.15) is 5.75 Å². The number of carbonyl (C=O) groups excluding carboxylic acids is 1. The molecule has 2 aromatic rings. The molecule has 92 valence electrons. The van der Waals surface area contributed by atoms with E-state index in [2.05, 4.69) is 20.5 Å². The number of anilines is 1. The number of phenols is 1. The number of aromatic hydroxyl groups is 1. The third-order valence-corrected chi connectivity index (χ3v) is 2.43. The maximum atomic E-state index is 11.8. The van der Waals surface area contributed by atoms with Crippen molar-refractivity contribution in [3.63, 3.8) is 0 Å². The number of phenolic OH excluding ortho intramolecular Hbond substituents is 1. The number of hydrogen-bond acceptors (Lipinski definition) is 5. The van der Waals surface area contributed by atoms with Crippen molar-refractivity contribution in [1.82, 2.24) is 15.2 Å². The Morgan fingerprint density at radius 1 is 1.22 bits per heavy atom. The first-order valence-corrected chi connectivity index (χ1v) is 5.34. The van der Waals surface area contributed by atoms with Crippen LogP contribution in [0.2, 0.25) is 0 Å². The first kappa shape index (κ1) is 12.0. The Kier molecular flexibility index (Phi) is 3.18. The largest absolute Gasteiger partial charge is 0.508 e.